The average Bonchev–Trinajstić information content (AvgIpc) is 3.56. The highest BCUT2D eigenvalue weighted by atomic mass is 16.5. The number of aromatic nitrogens is 6. The molecule has 0 aromatic carbocycles. The van der Waals surface area contributed by atoms with Gasteiger partial charge in [0.15, 0.2) is 5.69 Å². The lowest BCUT2D eigenvalue weighted by molar-refractivity contribution is 0.102. The van der Waals surface area contributed by atoms with Crippen LogP contribution in [0.5, 0.6) is 5.88 Å². The third-order valence-corrected chi connectivity index (χ3v) is 5.25. The van der Waals surface area contributed by atoms with Gasteiger partial charge in [0.2, 0.25) is 5.88 Å². The fourth-order valence-electron chi connectivity index (χ4n) is 3.64. The highest BCUT2D eigenvalue weighted by Gasteiger charge is 2.17. The highest BCUT2D eigenvalue weighted by Crippen LogP contribution is 2.20. The third-order valence-electron chi connectivity index (χ3n) is 5.25. The number of likely N-dealkylation sites (tertiary alicyclic amines) is 1. The molecule has 0 atom stereocenters. The first kappa shape index (κ1) is 19.2. The van der Waals surface area contributed by atoms with Gasteiger partial charge in [0.05, 0.1) is 23.6 Å². The van der Waals surface area contributed by atoms with Crippen LogP contribution in [0.25, 0.3) is 16.7 Å². The zero-order valence-corrected chi connectivity index (χ0v) is 16.9. The molecule has 0 radical (unpaired) electrons. The minimum atomic E-state index is -0.360. The van der Waals surface area contributed by atoms with Crippen LogP contribution in [0.1, 0.15) is 23.3 Å². The number of imidazole rings is 1. The summed E-state index contributed by atoms with van der Waals surface area (Å²) in [6.07, 6.45) is 10.8. The Labute approximate surface area is 178 Å². The zero-order valence-electron chi connectivity index (χ0n) is 16.9. The number of rotatable bonds is 7. The van der Waals surface area contributed by atoms with Crippen LogP contribution in [0.2, 0.25) is 0 Å². The van der Waals surface area contributed by atoms with Gasteiger partial charge in [-0.3, -0.25) is 19.4 Å². The molecule has 5 rings (SSSR count). The lowest BCUT2D eigenvalue weighted by atomic mass is 10.2. The number of anilines is 1. The molecule has 0 aliphatic carbocycles. The molecule has 2 N–H and O–H groups in total. The number of nitrogens with one attached hydrogen (secondary N) is 2. The Morgan fingerprint density at radius 1 is 1.23 bits per heavy atom. The molecule has 158 valence electrons. The van der Waals surface area contributed by atoms with Crippen LogP contribution < -0.4 is 10.1 Å². The Bertz CT molecular complexity index is 1160. The van der Waals surface area contributed by atoms with Crippen LogP contribution in [-0.2, 0) is 0 Å². The predicted molar refractivity (Wildman–Crippen MR) is 114 cm³/mol. The summed E-state index contributed by atoms with van der Waals surface area (Å²) in [5, 5.41) is 10.5. The first-order chi connectivity index (χ1) is 15.3. The number of aromatic amines is 1. The highest BCUT2D eigenvalue weighted by molar-refractivity contribution is 6.10. The summed E-state index contributed by atoms with van der Waals surface area (Å²) in [6.45, 7) is 3.78. The van der Waals surface area contributed by atoms with E-state index in [0.717, 1.165) is 25.0 Å². The molecule has 1 aliphatic heterocycles. The number of H-pyrrole nitrogens is 1. The summed E-state index contributed by atoms with van der Waals surface area (Å²) in [4.78, 5) is 28.2. The van der Waals surface area contributed by atoms with Crippen LogP contribution in [0, 0.1) is 0 Å². The number of carbonyl (C=O) groups is 1. The zero-order chi connectivity index (χ0) is 21.0. The van der Waals surface area contributed by atoms with Crippen molar-refractivity contribution in [3.8, 4) is 11.7 Å². The van der Waals surface area contributed by atoms with Crippen molar-refractivity contribution in [3.63, 3.8) is 0 Å². The van der Waals surface area contributed by atoms with E-state index >= 15 is 0 Å². The van der Waals surface area contributed by atoms with Crippen molar-refractivity contribution in [2.75, 3.05) is 31.6 Å². The fourth-order valence-corrected chi connectivity index (χ4v) is 3.64. The summed E-state index contributed by atoms with van der Waals surface area (Å²) in [5.74, 6) is 0.755. The Kier molecular flexibility index (Phi) is 5.28. The molecule has 31 heavy (non-hydrogen) atoms. The van der Waals surface area contributed by atoms with Crippen LogP contribution in [0.3, 0.4) is 0 Å². The molecule has 0 unspecified atom stereocenters. The number of hydrogen-bond donors (Lipinski definition) is 2. The first-order valence-corrected chi connectivity index (χ1v) is 10.2. The van der Waals surface area contributed by atoms with Crippen molar-refractivity contribution in [1.29, 1.82) is 0 Å². The second-order valence-corrected chi connectivity index (χ2v) is 7.37. The molecule has 10 nitrogen and oxygen atoms in total. The van der Waals surface area contributed by atoms with Crippen LogP contribution in [0.4, 0.5) is 5.69 Å². The van der Waals surface area contributed by atoms with Gasteiger partial charge in [0.1, 0.15) is 18.8 Å². The molecule has 4 aromatic rings. The van der Waals surface area contributed by atoms with Gasteiger partial charge in [-0.15, -0.1) is 0 Å². The smallest absolute Gasteiger partial charge is 0.276 e. The molecular weight excluding hydrogens is 396 g/mol. The predicted octanol–water partition coefficient (Wildman–Crippen LogP) is 2.27. The molecule has 1 saturated heterocycles. The van der Waals surface area contributed by atoms with E-state index in [1.54, 1.807) is 47.8 Å². The van der Waals surface area contributed by atoms with E-state index in [4.69, 9.17) is 4.74 Å². The van der Waals surface area contributed by atoms with Gasteiger partial charge in [0, 0.05) is 30.4 Å². The maximum atomic E-state index is 12.9. The van der Waals surface area contributed by atoms with Crippen molar-refractivity contribution >= 4 is 22.5 Å². The summed E-state index contributed by atoms with van der Waals surface area (Å²) in [5.41, 5.74) is 1.36. The van der Waals surface area contributed by atoms with E-state index in [9.17, 15) is 4.79 Å². The van der Waals surface area contributed by atoms with E-state index < -0.39 is 0 Å². The standard InChI is InChI=1S/C21H22N8O2/c30-21(20-19-15(12-24-27-19)11-17(26-20)29-8-5-22-14-29)25-16-3-4-18(23-13-16)31-10-9-28-6-1-2-7-28/h3-5,8,11-14H,1-2,6-7,9-10H2,(H,24,27)(H,25,30). The minimum Gasteiger partial charge on any atom is -0.476 e. The summed E-state index contributed by atoms with van der Waals surface area (Å²) < 4.78 is 7.45. The van der Waals surface area contributed by atoms with Crippen LogP contribution in [0.15, 0.2) is 49.3 Å². The molecule has 4 aromatic heterocycles. The van der Waals surface area contributed by atoms with Crippen molar-refractivity contribution in [2.45, 2.75) is 12.8 Å². The summed E-state index contributed by atoms with van der Waals surface area (Å²) in [7, 11) is 0. The molecule has 0 spiro atoms. The number of carbonyl (C=O) groups excluding carboxylic acids is 1. The minimum absolute atomic E-state index is 0.240. The maximum absolute atomic E-state index is 12.9. The summed E-state index contributed by atoms with van der Waals surface area (Å²) in [6, 6.07) is 5.35. The second-order valence-electron chi connectivity index (χ2n) is 7.37. The van der Waals surface area contributed by atoms with Crippen molar-refractivity contribution in [3.05, 3.63) is 55.0 Å². The van der Waals surface area contributed by atoms with E-state index in [0.29, 0.717) is 29.5 Å². The Balaban J connectivity index is 1.27. The number of nitrogens with zero attached hydrogens (tertiary/aromatic N) is 6. The molecule has 10 heteroatoms. The SMILES string of the molecule is O=C(Nc1ccc(OCCN2CCCC2)nc1)c1nc(-n2ccnc2)cc2cn[nH]c12. The molecule has 5 heterocycles. The van der Waals surface area contributed by atoms with Gasteiger partial charge in [-0.2, -0.15) is 5.10 Å². The molecule has 1 amide bonds. The van der Waals surface area contributed by atoms with Crippen LogP contribution in [-0.4, -0.2) is 66.8 Å². The maximum Gasteiger partial charge on any atom is 0.276 e. The largest absolute Gasteiger partial charge is 0.476 e. The Hall–Kier alpha value is -3.79. The van der Waals surface area contributed by atoms with Gasteiger partial charge in [-0.1, -0.05) is 0 Å². The average molecular weight is 418 g/mol. The second kappa shape index (κ2) is 8.52. The van der Waals surface area contributed by atoms with E-state index in [-0.39, 0.29) is 11.6 Å². The molecule has 1 aliphatic rings. The normalized spacial score (nSPS) is 14.2. The lowest BCUT2D eigenvalue weighted by Crippen LogP contribution is -2.25. The van der Waals surface area contributed by atoms with Gasteiger partial charge in [-0.25, -0.2) is 15.0 Å². The lowest BCUT2D eigenvalue weighted by Gasteiger charge is -2.14. The van der Waals surface area contributed by atoms with E-state index in [1.807, 2.05) is 6.07 Å². The fraction of sp³-hybridized carbons (Fsp3) is 0.286. The quantitative estimate of drug-likeness (QED) is 0.473. The number of fused-ring (bicyclic) bond motifs is 1. The summed E-state index contributed by atoms with van der Waals surface area (Å²) >= 11 is 0. The number of pyridine rings is 2. The number of hydrogen-bond acceptors (Lipinski definition) is 7. The van der Waals surface area contributed by atoms with Gasteiger partial charge in [-0.05, 0) is 38.1 Å². The number of ether oxygens (including phenoxy) is 1. The van der Waals surface area contributed by atoms with E-state index in [2.05, 4.69) is 35.4 Å². The molecule has 1 fully saturated rings. The van der Waals surface area contributed by atoms with Crippen LogP contribution >= 0.6 is 0 Å². The monoisotopic (exact) mass is 418 g/mol. The first-order valence-electron chi connectivity index (χ1n) is 10.2. The molecular formula is C21H22N8O2. The van der Waals surface area contributed by atoms with Crippen molar-refractivity contribution in [1.82, 2.24) is 34.6 Å². The molecule has 0 bridgehead atoms. The van der Waals surface area contributed by atoms with Gasteiger partial charge in [0.25, 0.3) is 5.91 Å². The van der Waals surface area contributed by atoms with Gasteiger partial charge >= 0.3 is 0 Å². The molecule has 0 saturated carbocycles. The van der Waals surface area contributed by atoms with Crippen molar-refractivity contribution < 1.29 is 9.53 Å². The Morgan fingerprint density at radius 3 is 2.90 bits per heavy atom. The topological polar surface area (TPSA) is 114 Å². The Morgan fingerprint density at radius 2 is 2.13 bits per heavy atom. The number of amides is 1. The van der Waals surface area contributed by atoms with Gasteiger partial charge < -0.3 is 10.1 Å². The third kappa shape index (κ3) is 4.24. The van der Waals surface area contributed by atoms with Crippen molar-refractivity contribution in [2.24, 2.45) is 0 Å². The van der Waals surface area contributed by atoms with E-state index in [1.165, 1.54) is 12.8 Å².